The molecule has 1 heterocycles. The minimum Gasteiger partial charge on any atom is -0.365 e. The van der Waals surface area contributed by atoms with Gasteiger partial charge >= 0.3 is 0 Å². The zero-order valence-corrected chi connectivity index (χ0v) is 10.2. The van der Waals surface area contributed by atoms with E-state index in [0.717, 1.165) is 12.1 Å². The number of amides is 1. The summed E-state index contributed by atoms with van der Waals surface area (Å²) >= 11 is 0. The van der Waals surface area contributed by atoms with Crippen LogP contribution in [0.4, 0.5) is 8.78 Å². The van der Waals surface area contributed by atoms with Crippen LogP contribution >= 0.6 is 0 Å². The summed E-state index contributed by atoms with van der Waals surface area (Å²) in [5.74, 6) is -3.06. The van der Waals surface area contributed by atoms with Crippen LogP contribution in [0.1, 0.15) is 23.7 Å². The largest absolute Gasteiger partial charge is 0.365 e. The number of aromatic nitrogens is 1. The summed E-state index contributed by atoms with van der Waals surface area (Å²) in [7, 11) is 0. The highest BCUT2D eigenvalue weighted by Crippen LogP contribution is 2.17. The Bertz CT molecular complexity index is 723. The van der Waals surface area contributed by atoms with Gasteiger partial charge in [-0.25, -0.2) is 8.78 Å². The predicted octanol–water partition coefficient (Wildman–Crippen LogP) is 1.79. The van der Waals surface area contributed by atoms with E-state index in [9.17, 15) is 18.4 Å². The number of fused-ring (bicyclic) bond motifs is 1. The maximum Gasteiger partial charge on any atom is 0.254 e. The van der Waals surface area contributed by atoms with Crippen molar-refractivity contribution in [3.63, 3.8) is 0 Å². The Morgan fingerprint density at radius 1 is 1.32 bits per heavy atom. The van der Waals surface area contributed by atoms with Crippen molar-refractivity contribution in [2.75, 3.05) is 0 Å². The highest BCUT2D eigenvalue weighted by atomic mass is 19.2. The summed E-state index contributed by atoms with van der Waals surface area (Å²) in [4.78, 5) is 23.2. The molecule has 0 spiro atoms. The van der Waals surface area contributed by atoms with Gasteiger partial charge in [-0.05, 0) is 12.5 Å². The average Bonchev–Trinajstić information content (AvgIpc) is 2.35. The summed E-state index contributed by atoms with van der Waals surface area (Å²) in [6.07, 6.45) is 1.99. The van der Waals surface area contributed by atoms with Gasteiger partial charge < -0.3 is 10.3 Å². The second kappa shape index (κ2) is 4.79. The number of halogens is 2. The standard InChI is InChI=1S/C13H12F2N2O2/c1-2-3-17-6-8(13(16)19)12(18)7-4-9(14)10(15)5-11(7)17/h4-6H,2-3H2,1H3,(H2,16,19). The van der Waals surface area contributed by atoms with E-state index in [2.05, 4.69) is 0 Å². The van der Waals surface area contributed by atoms with Crippen LogP contribution in [-0.2, 0) is 6.54 Å². The normalized spacial score (nSPS) is 10.9. The van der Waals surface area contributed by atoms with Gasteiger partial charge in [0.05, 0.1) is 5.52 Å². The average molecular weight is 266 g/mol. The van der Waals surface area contributed by atoms with Gasteiger partial charge in [-0.1, -0.05) is 6.92 Å². The highest BCUT2D eigenvalue weighted by molar-refractivity contribution is 5.96. The van der Waals surface area contributed by atoms with Crippen LogP contribution in [-0.4, -0.2) is 10.5 Å². The number of pyridine rings is 1. The van der Waals surface area contributed by atoms with E-state index in [4.69, 9.17) is 5.73 Å². The zero-order valence-electron chi connectivity index (χ0n) is 10.2. The number of carbonyl (C=O) groups excluding carboxylic acids is 1. The fourth-order valence-corrected chi connectivity index (χ4v) is 1.99. The van der Waals surface area contributed by atoms with Crippen molar-refractivity contribution in [3.05, 3.63) is 45.8 Å². The van der Waals surface area contributed by atoms with Crippen molar-refractivity contribution in [2.24, 2.45) is 5.73 Å². The lowest BCUT2D eigenvalue weighted by atomic mass is 10.1. The molecule has 0 unspecified atom stereocenters. The molecule has 0 atom stereocenters. The molecule has 0 radical (unpaired) electrons. The van der Waals surface area contributed by atoms with Gasteiger partial charge in [0.1, 0.15) is 5.56 Å². The molecule has 0 saturated carbocycles. The lowest BCUT2D eigenvalue weighted by Gasteiger charge is -2.11. The number of carbonyl (C=O) groups is 1. The van der Waals surface area contributed by atoms with Gasteiger partial charge in [-0.3, -0.25) is 9.59 Å². The summed E-state index contributed by atoms with van der Waals surface area (Å²) in [6, 6.07) is 1.75. The quantitative estimate of drug-likeness (QED) is 0.920. The van der Waals surface area contributed by atoms with Gasteiger partial charge in [0, 0.05) is 24.2 Å². The number of primary amides is 1. The number of aryl methyl sites for hydroxylation is 1. The van der Waals surface area contributed by atoms with Crippen LogP contribution in [0.15, 0.2) is 23.1 Å². The molecule has 1 aromatic heterocycles. The van der Waals surface area contributed by atoms with Crippen molar-refractivity contribution >= 4 is 16.8 Å². The molecule has 19 heavy (non-hydrogen) atoms. The van der Waals surface area contributed by atoms with Gasteiger partial charge in [-0.2, -0.15) is 0 Å². The van der Waals surface area contributed by atoms with Crippen molar-refractivity contribution in [1.82, 2.24) is 4.57 Å². The lowest BCUT2D eigenvalue weighted by molar-refractivity contribution is 0.0998. The Kier molecular flexibility index (Phi) is 3.33. The first-order valence-corrected chi connectivity index (χ1v) is 5.77. The molecule has 0 aliphatic heterocycles. The van der Waals surface area contributed by atoms with E-state index in [-0.39, 0.29) is 16.5 Å². The Morgan fingerprint density at radius 3 is 2.53 bits per heavy atom. The maximum atomic E-state index is 13.3. The molecule has 1 amide bonds. The van der Waals surface area contributed by atoms with E-state index in [1.165, 1.54) is 10.8 Å². The van der Waals surface area contributed by atoms with E-state index < -0.39 is 23.0 Å². The molecule has 2 N–H and O–H groups in total. The predicted molar refractivity (Wildman–Crippen MR) is 66.9 cm³/mol. The highest BCUT2D eigenvalue weighted by Gasteiger charge is 2.15. The number of rotatable bonds is 3. The number of benzene rings is 1. The fraction of sp³-hybridized carbons (Fsp3) is 0.231. The molecule has 0 bridgehead atoms. The Balaban J connectivity index is 2.92. The summed E-state index contributed by atoms with van der Waals surface area (Å²) in [6.45, 7) is 2.34. The van der Waals surface area contributed by atoms with Crippen molar-refractivity contribution < 1.29 is 13.6 Å². The third-order valence-electron chi connectivity index (χ3n) is 2.85. The van der Waals surface area contributed by atoms with E-state index in [1.54, 1.807) is 0 Å². The first-order valence-electron chi connectivity index (χ1n) is 5.77. The molecule has 6 heteroatoms. The monoisotopic (exact) mass is 266 g/mol. The third kappa shape index (κ3) is 2.21. The number of nitrogens with two attached hydrogens (primary N) is 1. The van der Waals surface area contributed by atoms with Gasteiger partial charge in [0.25, 0.3) is 5.91 Å². The minimum absolute atomic E-state index is 0.0522. The topological polar surface area (TPSA) is 65.1 Å². The second-order valence-electron chi connectivity index (χ2n) is 4.21. The van der Waals surface area contributed by atoms with Gasteiger partial charge in [0.15, 0.2) is 11.6 Å². The molecule has 0 aliphatic rings. The Labute approximate surface area is 107 Å². The molecule has 100 valence electrons. The number of hydrogen-bond acceptors (Lipinski definition) is 2. The molecule has 0 fully saturated rings. The van der Waals surface area contributed by atoms with E-state index in [0.29, 0.717) is 13.0 Å². The van der Waals surface area contributed by atoms with E-state index >= 15 is 0 Å². The van der Waals surface area contributed by atoms with Crippen LogP contribution in [0.5, 0.6) is 0 Å². The smallest absolute Gasteiger partial charge is 0.254 e. The van der Waals surface area contributed by atoms with Crippen LogP contribution in [0.2, 0.25) is 0 Å². The third-order valence-corrected chi connectivity index (χ3v) is 2.85. The number of nitrogens with zero attached hydrogens (tertiary/aromatic N) is 1. The van der Waals surface area contributed by atoms with Crippen LogP contribution in [0, 0.1) is 11.6 Å². The first-order chi connectivity index (χ1) is 8.95. The molecule has 2 aromatic rings. The van der Waals surface area contributed by atoms with Gasteiger partial charge in [-0.15, -0.1) is 0 Å². The van der Waals surface area contributed by atoms with Crippen molar-refractivity contribution in [1.29, 1.82) is 0 Å². The molecule has 2 rings (SSSR count). The lowest BCUT2D eigenvalue weighted by Crippen LogP contribution is -2.24. The first kappa shape index (κ1) is 13.2. The van der Waals surface area contributed by atoms with Crippen LogP contribution < -0.4 is 11.2 Å². The summed E-state index contributed by atoms with van der Waals surface area (Å²) in [5.41, 5.74) is 4.45. The molecule has 4 nitrogen and oxygen atoms in total. The Hall–Kier alpha value is -2.24. The second-order valence-corrected chi connectivity index (χ2v) is 4.21. The van der Waals surface area contributed by atoms with Crippen LogP contribution in [0.3, 0.4) is 0 Å². The zero-order chi connectivity index (χ0) is 14.2. The fourth-order valence-electron chi connectivity index (χ4n) is 1.99. The Morgan fingerprint density at radius 2 is 1.95 bits per heavy atom. The van der Waals surface area contributed by atoms with Crippen LogP contribution in [0.25, 0.3) is 10.9 Å². The van der Waals surface area contributed by atoms with Crippen molar-refractivity contribution in [2.45, 2.75) is 19.9 Å². The molecule has 0 aliphatic carbocycles. The summed E-state index contributed by atoms with van der Waals surface area (Å²) in [5, 5.41) is -0.0522. The number of hydrogen-bond donors (Lipinski definition) is 1. The minimum atomic E-state index is -1.13. The van der Waals surface area contributed by atoms with Crippen molar-refractivity contribution in [3.8, 4) is 0 Å². The molecule has 0 saturated heterocycles. The molecular weight excluding hydrogens is 254 g/mol. The van der Waals surface area contributed by atoms with Gasteiger partial charge in [0.2, 0.25) is 5.43 Å². The molecular formula is C13H12F2N2O2. The SMILES string of the molecule is CCCn1cc(C(N)=O)c(=O)c2cc(F)c(F)cc21. The van der Waals surface area contributed by atoms with E-state index in [1.807, 2.05) is 6.92 Å². The summed E-state index contributed by atoms with van der Waals surface area (Å²) < 4.78 is 28.0. The molecule has 1 aromatic carbocycles. The maximum absolute atomic E-state index is 13.3.